The number of carbonyl (C=O) groups is 2. The Balaban J connectivity index is 1.59. The van der Waals surface area contributed by atoms with E-state index in [1.165, 1.54) is 0 Å². The van der Waals surface area contributed by atoms with Crippen LogP contribution < -0.4 is 9.64 Å². The second-order valence-corrected chi connectivity index (χ2v) is 6.07. The highest BCUT2D eigenvalue weighted by Crippen LogP contribution is 2.19. The molecule has 1 aliphatic rings. The van der Waals surface area contributed by atoms with Crippen molar-refractivity contribution in [2.45, 2.75) is 6.42 Å². The Hall–Kier alpha value is -3.09. The monoisotopic (exact) mass is 355 g/mol. The van der Waals surface area contributed by atoms with Crippen molar-refractivity contribution < 1.29 is 19.4 Å². The Bertz CT molecular complexity index is 784. The molecule has 0 unspecified atom stereocenters. The maximum absolute atomic E-state index is 12.5. The van der Waals surface area contributed by atoms with Gasteiger partial charge in [-0.15, -0.1) is 0 Å². The number of carboxylic acids is 1. The lowest BCUT2D eigenvalue weighted by Crippen LogP contribution is -2.49. The molecule has 7 nitrogen and oxygen atoms in total. The van der Waals surface area contributed by atoms with Crippen molar-refractivity contribution in [3.05, 3.63) is 53.7 Å². The number of benzene rings is 1. The van der Waals surface area contributed by atoms with Gasteiger partial charge in [-0.1, -0.05) is 12.1 Å². The molecule has 136 valence electrons. The van der Waals surface area contributed by atoms with Crippen LogP contribution in [0.15, 0.2) is 42.6 Å². The van der Waals surface area contributed by atoms with Crippen LogP contribution in [0.1, 0.15) is 15.9 Å². The van der Waals surface area contributed by atoms with Gasteiger partial charge in [0.25, 0.3) is 0 Å². The molecule has 0 radical (unpaired) electrons. The van der Waals surface area contributed by atoms with Crippen molar-refractivity contribution in [2.75, 3.05) is 38.2 Å². The summed E-state index contributed by atoms with van der Waals surface area (Å²) in [6, 6.07) is 10.6. The third-order valence-corrected chi connectivity index (χ3v) is 4.46. The van der Waals surface area contributed by atoms with Gasteiger partial charge in [0.15, 0.2) is 0 Å². The molecule has 0 spiro atoms. The molecule has 26 heavy (non-hydrogen) atoms. The van der Waals surface area contributed by atoms with E-state index >= 15 is 0 Å². The van der Waals surface area contributed by atoms with E-state index in [1.54, 1.807) is 25.4 Å². The van der Waals surface area contributed by atoms with Crippen LogP contribution in [0.4, 0.5) is 5.82 Å². The first-order valence-electron chi connectivity index (χ1n) is 8.42. The highest BCUT2D eigenvalue weighted by Gasteiger charge is 2.24. The van der Waals surface area contributed by atoms with E-state index in [9.17, 15) is 14.7 Å². The number of carbonyl (C=O) groups excluding carboxylic acids is 1. The van der Waals surface area contributed by atoms with Crippen LogP contribution in [0.25, 0.3) is 0 Å². The molecule has 0 bridgehead atoms. The molecule has 1 aliphatic heterocycles. The highest BCUT2D eigenvalue weighted by atomic mass is 16.5. The fourth-order valence-corrected chi connectivity index (χ4v) is 3.01. The van der Waals surface area contributed by atoms with Gasteiger partial charge < -0.3 is 19.6 Å². The van der Waals surface area contributed by atoms with Crippen molar-refractivity contribution in [1.29, 1.82) is 0 Å². The molecule has 1 saturated heterocycles. The molecule has 1 N–H and O–H groups in total. The summed E-state index contributed by atoms with van der Waals surface area (Å²) in [7, 11) is 1.61. The average molecular weight is 355 g/mol. The Labute approximate surface area is 151 Å². The summed E-state index contributed by atoms with van der Waals surface area (Å²) < 4.78 is 5.12. The van der Waals surface area contributed by atoms with Crippen LogP contribution >= 0.6 is 0 Å². The average Bonchev–Trinajstić information content (AvgIpc) is 2.68. The molecule has 1 amide bonds. The number of ether oxygens (including phenoxy) is 1. The molecule has 1 aromatic heterocycles. The molecular weight excluding hydrogens is 334 g/mol. The third-order valence-electron chi connectivity index (χ3n) is 4.46. The number of amides is 1. The van der Waals surface area contributed by atoms with Gasteiger partial charge in [0.2, 0.25) is 5.91 Å². The molecule has 0 saturated carbocycles. The predicted octanol–water partition coefficient (Wildman–Crippen LogP) is 1.68. The summed E-state index contributed by atoms with van der Waals surface area (Å²) in [5, 5.41) is 9.30. The number of carboxylic acid groups (broad SMARTS) is 1. The minimum Gasteiger partial charge on any atom is -0.497 e. The maximum atomic E-state index is 12.5. The molecule has 0 aliphatic carbocycles. The lowest BCUT2D eigenvalue weighted by Gasteiger charge is -2.36. The zero-order chi connectivity index (χ0) is 18.5. The lowest BCUT2D eigenvalue weighted by molar-refractivity contribution is -0.130. The number of pyridine rings is 1. The van der Waals surface area contributed by atoms with Gasteiger partial charge in [-0.2, -0.15) is 0 Å². The summed E-state index contributed by atoms with van der Waals surface area (Å²) in [6.07, 6.45) is 1.93. The normalized spacial score (nSPS) is 14.2. The van der Waals surface area contributed by atoms with Gasteiger partial charge in [0.1, 0.15) is 17.1 Å². The largest absolute Gasteiger partial charge is 0.497 e. The Kier molecular flexibility index (Phi) is 5.36. The van der Waals surface area contributed by atoms with E-state index in [1.807, 2.05) is 34.1 Å². The SMILES string of the molecule is COc1ccc(CC(=O)N2CCN(c3ncccc3C(=O)O)CC2)cc1. The van der Waals surface area contributed by atoms with E-state index in [0.29, 0.717) is 38.4 Å². The number of aromatic carboxylic acids is 1. The van der Waals surface area contributed by atoms with Crippen LogP contribution in [-0.2, 0) is 11.2 Å². The second-order valence-electron chi connectivity index (χ2n) is 6.07. The summed E-state index contributed by atoms with van der Waals surface area (Å²) in [6.45, 7) is 2.21. The molecule has 2 heterocycles. The highest BCUT2D eigenvalue weighted by molar-refractivity contribution is 5.93. The number of hydrogen-bond acceptors (Lipinski definition) is 5. The fraction of sp³-hybridized carbons (Fsp3) is 0.316. The first-order valence-corrected chi connectivity index (χ1v) is 8.42. The number of methoxy groups -OCH3 is 1. The van der Waals surface area contributed by atoms with Crippen LogP contribution in [0.5, 0.6) is 5.75 Å². The quantitative estimate of drug-likeness (QED) is 0.879. The van der Waals surface area contributed by atoms with E-state index in [0.717, 1.165) is 11.3 Å². The molecule has 7 heteroatoms. The fourth-order valence-electron chi connectivity index (χ4n) is 3.01. The minimum absolute atomic E-state index is 0.0642. The molecule has 1 aromatic carbocycles. The van der Waals surface area contributed by atoms with E-state index in [2.05, 4.69) is 4.98 Å². The molecular formula is C19H21N3O4. The van der Waals surface area contributed by atoms with Gasteiger partial charge in [-0.05, 0) is 29.8 Å². The topological polar surface area (TPSA) is 83.0 Å². The molecule has 0 atom stereocenters. The van der Waals surface area contributed by atoms with E-state index in [4.69, 9.17) is 4.74 Å². The predicted molar refractivity (Wildman–Crippen MR) is 96.7 cm³/mol. The van der Waals surface area contributed by atoms with E-state index < -0.39 is 5.97 Å². The van der Waals surface area contributed by atoms with Gasteiger partial charge >= 0.3 is 5.97 Å². The smallest absolute Gasteiger partial charge is 0.339 e. The molecule has 3 rings (SSSR count). The lowest BCUT2D eigenvalue weighted by atomic mass is 10.1. The Morgan fingerprint density at radius 3 is 2.42 bits per heavy atom. The summed E-state index contributed by atoms with van der Waals surface area (Å²) in [5.41, 5.74) is 1.13. The minimum atomic E-state index is -0.994. The number of hydrogen-bond donors (Lipinski definition) is 1. The van der Waals surface area contributed by atoms with Crippen molar-refractivity contribution in [3.63, 3.8) is 0 Å². The summed E-state index contributed by atoms with van der Waals surface area (Å²) in [5.74, 6) is 0.294. The van der Waals surface area contributed by atoms with Gasteiger partial charge in [-0.25, -0.2) is 9.78 Å². The number of anilines is 1. The van der Waals surface area contributed by atoms with Gasteiger partial charge in [0.05, 0.1) is 13.5 Å². The number of rotatable bonds is 5. The third kappa shape index (κ3) is 3.93. The number of piperazine rings is 1. The Morgan fingerprint density at radius 2 is 1.81 bits per heavy atom. The zero-order valence-electron chi connectivity index (χ0n) is 14.6. The maximum Gasteiger partial charge on any atom is 0.339 e. The first kappa shape index (κ1) is 17.7. The Morgan fingerprint density at radius 1 is 1.12 bits per heavy atom. The van der Waals surface area contributed by atoms with Crippen LogP contribution in [0.3, 0.4) is 0 Å². The van der Waals surface area contributed by atoms with Crippen molar-refractivity contribution in [2.24, 2.45) is 0 Å². The van der Waals surface area contributed by atoms with Gasteiger partial charge in [-0.3, -0.25) is 4.79 Å². The van der Waals surface area contributed by atoms with Crippen molar-refractivity contribution in [1.82, 2.24) is 9.88 Å². The molecule has 2 aromatic rings. The second kappa shape index (κ2) is 7.86. The number of nitrogens with zero attached hydrogens (tertiary/aromatic N) is 3. The first-order chi connectivity index (χ1) is 12.6. The van der Waals surface area contributed by atoms with Crippen molar-refractivity contribution >= 4 is 17.7 Å². The van der Waals surface area contributed by atoms with E-state index in [-0.39, 0.29) is 11.5 Å². The summed E-state index contributed by atoms with van der Waals surface area (Å²) >= 11 is 0. The van der Waals surface area contributed by atoms with Gasteiger partial charge in [0, 0.05) is 32.4 Å². The van der Waals surface area contributed by atoms with Crippen LogP contribution in [0.2, 0.25) is 0 Å². The summed E-state index contributed by atoms with van der Waals surface area (Å²) in [4.78, 5) is 31.8. The van der Waals surface area contributed by atoms with Crippen molar-refractivity contribution in [3.8, 4) is 5.75 Å². The van der Waals surface area contributed by atoms with Crippen LogP contribution in [0, 0.1) is 0 Å². The molecule has 1 fully saturated rings. The standard InChI is InChI=1S/C19H21N3O4/c1-26-15-6-4-14(5-7-15)13-17(23)21-9-11-22(12-10-21)18-16(19(24)25)3-2-8-20-18/h2-8H,9-13H2,1H3,(H,24,25). The van der Waals surface area contributed by atoms with Crippen LogP contribution in [-0.4, -0.2) is 60.2 Å². The number of aromatic nitrogens is 1. The zero-order valence-corrected chi connectivity index (χ0v) is 14.6.